The summed E-state index contributed by atoms with van der Waals surface area (Å²) >= 11 is 0. The molecule has 2 aliphatic heterocycles. The van der Waals surface area contributed by atoms with Gasteiger partial charge in [-0.2, -0.15) is 0 Å². The number of benzene rings is 1. The van der Waals surface area contributed by atoms with E-state index in [-0.39, 0.29) is 17.7 Å². The number of hydrogen-bond donors (Lipinski definition) is 1. The number of aliphatic carboxylic acids is 1. The van der Waals surface area contributed by atoms with Crippen LogP contribution in [0.3, 0.4) is 0 Å². The lowest BCUT2D eigenvalue weighted by Gasteiger charge is -2.31. The Bertz CT molecular complexity index is 617. The summed E-state index contributed by atoms with van der Waals surface area (Å²) in [6.45, 7) is 5.49. The van der Waals surface area contributed by atoms with E-state index in [1.807, 2.05) is 26.0 Å². The molecule has 1 amide bonds. The van der Waals surface area contributed by atoms with Crippen molar-refractivity contribution in [3.05, 3.63) is 28.8 Å². The molecule has 0 aliphatic carbocycles. The molecule has 1 aromatic carbocycles. The van der Waals surface area contributed by atoms with Gasteiger partial charge in [-0.05, 0) is 43.9 Å². The molecule has 0 radical (unpaired) electrons. The largest absolute Gasteiger partial charge is 0.492 e. The van der Waals surface area contributed by atoms with E-state index < -0.39 is 5.97 Å². The summed E-state index contributed by atoms with van der Waals surface area (Å²) in [5.41, 5.74) is 3.29. The van der Waals surface area contributed by atoms with Crippen molar-refractivity contribution in [1.82, 2.24) is 4.90 Å². The van der Waals surface area contributed by atoms with Gasteiger partial charge in [0.25, 0.3) is 0 Å². The highest BCUT2D eigenvalue weighted by Crippen LogP contribution is 2.37. The lowest BCUT2D eigenvalue weighted by atomic mass is 9.93. The minimum absolute atomic E-state index is 0.0610. The summed E-state index contributed by atoms with van der Waals surface area (Å²) in [5, 5.41) is 9.04. The molecule has 1 fully saturated rings. The van der Waals surface area contributed by atoms with E-state index in [4.69, 9.17) is 9.84 Å². The lowest BCUT2D eigenvalue weighted by Crippen LogP contribution is -2.42. The monoisotopic (exact) mass is 303 g/mol. The Balaban J connectivity index is 1.73. The van der Waals surface area contributed by atoms with Crippen LogP contribution in [-0.4, -0.2) is 41.6 Å². The Morgan fingerprint density at radius 1 is 1.18 bits per heavy atom. The van der Waals surface area contributed by atoms with Gasteiger partial charge < -0.3 is 14.7 Å². The second kappa shape index (κ2) is 5.63. The number of carbonyl (C=O) groups is 2. The summed E-state index contributed by atoms with van der Waals surface area (Å²) in [7, 11) is 0. The zero-order valence-electron chi connectivity index (χ0n) is 13.0. The molecule has 1 saturated heterocycles. The maximum atomic E-state index is 12.7. The maximum absolute atomic E-state index is 12.7. The second-order valence-corrected chi connectivity index (χ2v) is 6.28. The molecular weight excluding hydrogens is 282 g/mol. The molecule has 2 heterocycles. The summed E-state index contributed by atoms with van der Waals surface area (Å²) in [6.07, 6.45) is 1.07. The molecule has 0 spiro atoms. The number of carboxylic acids is 1. The van der Waals surface area contributed by atoms with Crippen LogP contribution >= 0.6 is 0 Å². The van der Waals surface area contributed by atoms with Crippen molar-refractivity contribution >= 4 is 11.9 Å². The first-order valence-corrected chi connectivity index (χ1v) is 7.73. The highest BCUT2D eigenvalue weighted by atomic mass is 16.5. The predicted octanol–water partition coefficient (Wildman–Crippen LogP) is 2.10. The van der Waals surface area contributed by atoms with Crippen LogP contribution in [0.1, 0.15) is 35.4 Å². The fraction of sp³-hybridized carbons (Fsp3) is 0.529. The van der Waals surface area contributed by atoms with Gasteiger partial charge in [0.05, 0.1) is 5.92 Å². The van der Waals surface area contributed by atoms with Crippen LogP contribution < -0.4 is 4.74 Å². The van der Waals surface area contributed by atoms with E-state index in [9.17, 15) is 9.59 Å². The Morgan fingerprint density at radius 3 is 2.45 bits per heavy atom. The average molecular weight is 303 g/mol. The van der Waals surface area contributed by atoms with E-state index in [2.05, 4.69) is 0 Å². The Kier molecular flexibility index (Phi) is 3.81. The molecule has 1 aromatic rings. The molecule has 22 heavy (non-hydrogen) atoms. The van der Waals surface area contributed by atoms with E-state index in [0.717, 1.165) is 22.4 Å². The number of carboxylic acid groups (broad SMARTS) is 1. The SMILES string of the molecule is Cc1cc2c(cc1C)C(C(=O)N1CCC(C(=O)O)CC1)CO2. The van der Waals surface area contributed by atoms with Crippen LogP contribution in [-0.2, 0) is 9.59 Å². The van der Waals surface area contributed by atoms with Gasteiger partial charge in [0.15, 0.2) is 0 Å². The van der Waals surface area contributed by atoms with Crippen molar-refractivity contribution in [2.24, 2.45) is 5.92 Å². The van der Waals surface area contributed by atoms with Gasteiger partial charge in [-0.3, -0.25) is 9.59 Å². The second-order valence-electron chi connectivity index (χ2n) is 6.28. The maximum Gasteiger partial charge on any atom is 0.306 e. The first-order valence-electron chi connectivity index (χ1n) is 7.73. The third-order valence-corrected chi connectivity index (χ3v) is 4.86. The topological polar surface area (TPSA) is 66.8 Å². The summed E-state index contributed by atoms with van der Waals surface area (Å²) in [6, 6.07) is 4.04. The third-order valence-electron chi connectivity index (χ3n) is 4.86. The summed E-state index contributed by atoms with van der Waals surface area (Å²) in [4.78, 5) is 25.5. The smallest absolute Gasteiger partial charge is 0.306 e. The van der Waals surface area contributed by atoms with Crippen molar-refractivity contribution < 1.29 is 19.4 Å². The molecule has 3 rings (SSSR count). The zero-order chi connectivity index (χ0) is 15.9. The minimum atomic E-state index is -0.757. The lowest BCUT2D eigenvalue weighted by molar-refractivity contribution is -0.146. The van der Waals surface area contributed by atoms with Crippen molar-refractivity contribution in [1.29, 1.82) is 0 Å². The standard InChI is InChI=1S/C17H21NO4/c1-10-7-13-14(9-22-15(13)8-11(10)2)16(19)18-5-3-12(4-6-18)17(20)21/h7-8,12,14H,3-6,9H2,1-2H3,(H,20,21). The number of fused-ring (bicyclic) bond motifs is 1. The molecule has 0 aromatic heterocycles. The fourth-order valence-corrected chi connectivity index (χ4v) is 3.24. The highest BCUT2D eigenvalue weighted by molar-refractivity contribution is 5.86. The van der Waals surface area contributed by atoms with E-state index in [0.29, 0.717) is 32.5 Å². The quantitative estimate of drug-likeness (QED) is 0.908. The average Bonchev–Trinajstić information content (AvgIpc) is 2.90. The van der Waals surface area contributed by atoms with Crippen LogP contribution in [0, 0.1) is 19.8 Å². The van der Waals surface area contributed by atoms with Crippen LogP contribution in [0.5, 0.6) is 5.75 Å². The predicted molar refractivity (Wildman–Crippen MR) is 81.1 cm³/mol. The van der Waals surface area contributed by atoms with Gasteiger partial charge in [-0.15, -0.1) is 0 Å². The van der Waals surface area contributed by atoms with Gasteiger partial charge in [0.2, 0.25) is 5.91 Å². The molecule has 2 aliphatic rings. The number of hydrogen-bond acceptors (Lipinski definition) is 3. The van der Waals surface area contributed by atoms with Crippen molar-refractivity contribution in [3.63, 3.8) is 0 Å². The summed E-state index contributed by atoms with van der Waals surface area (Å²) in [5.74, 6) is -0.461. The van der Waals surface area contributed by atoms with Crippen molar-refractivity contribution in [2.45, 2.75) is 32.6 Å². The Hall–Kier alpha value is -2.04. The van der Waals surface area contributed by atoms with Gasteiger partial charge in [-0.1, -0.05) is 6.07 Å². The number of ether oxygens (including phenoxy) is 1. The van der Waals surface area contributed by atoms with E-state index in [1.54, 1.807) is 4.90 Å². The summed E-state index contributed by atoms with van der Waals surface area (Å²) < 4.78 is 5.68. The molecule has 1 N–H and O–H groups in total. The molecule has 1 unspecified atom stereocenters. The van der Waals surface area contributed by atoms with Crippen LogP contribution in [0.4, 0.5) is 0 Å². The van der Waals surface area contributed by atoms with Crippen molar-refractivity contribution in [3.8, 4) is 5.75 Å². The number of piperidine rings is 1. The van der Waals surface area contributed by atoms with Crippen LogP contribution in [0.25, 0.3) is 0 Å². The number of likely N-dealkylation sites (tertiary alicyclic amines) is 1. The molecule has 1 atom stereocenters. The van der Waals surface area contributed by atoms with Gasteiger partial charge >= 0.3 is 5.97 Å². The fourth-order valence-electron chi connectivity index (χ4n) is 3.24. The highest BCUT2D eigenvalue weighted by Gasteiger charge is 2.36. The minimum Gasteiger partial charge on any atom is -0.492 e. The number of aryl methyl sites for hydroxylation is 2. The Labute approximate surface area is 129 Å². The number of rotatable bonds is 2. The molecule has 5 heteroatoms. The third kappa shape index (κ3) is 2.56. The molecular formula is C17H21NO4. The molecule has 0 bridgehead atoms. The van der Waals surface area contributed by atoms with Gasteiger partial charge in [-0.25, -0.2) is 0 Å². The zero-order valence-corrected chi connectivity index (χ0v) is 13.0. The Morgan fingerprint density at radius 2 is 1.82 bits per heavy atom. The van der Waals surface area contributed by atoms with Crippen LogP contribution in [0.15, 0.2) is 12.1 Å². The first kappa shape index (κ1) is 14.9. The number of amides is 1. The molecule has 0 saturated carbocycles. The molecule has 118 valence electrons. The van der Waals surface area contributed by atoms with E-state index in [1.165, 1.54) is 0 Å². The van der Waals surface area contributed by atoms with E-state index >= 15 is 0 Å². The molecule has 5 nitrogen and oxygen atoms in total. The van der Waals surface area contributed by atoms with Gasteiger partial charge in [0.1, 0.15) is 18.3 Å². The number of carbonyl (C=O) groups excluding carboxylic acids is 1. The first-order chi connectivity index (χ1) is 10.5. The van der Waals surface area contributed by atoms with Crippen LogP contribution in [0.2, 0.25) is 0 Å². The number of nitrogens with zero attached hydrogens (tertiary/aromatic N) is 1. The van der Waals surface area contributed by atoms with Crippen molar-refractivity contribution in [2.75, 3.05) is 19.7 Å². The van der Waals surface area contributed by atoms with Gasteiger partial charge in [0, 0.05) is 18.7 Å². The normalized spacial score (nSPS) is 21.4.